The van der Waals surface area contributed by atoms with Gasteiger partial charge in [0, 0.05) is 10.5 Å². The lowest BCUT2D eigenvalue weighted by Gasteiger charge is -2.04. The predicted octanol–water partition coefficient (Wildman–Crippen LogP) is 3.70. The maximum Gasteiger partial charge on any atom is 0.288 e. The number of sulfone groups is 1. The number of rotatable bonds is 4. The van der Waals surface area contributed by atoms with E-state index in [4.69, 9.17) is 0 Å². The molecule has 8 heteroatoms. The first-order chi connectivity index (χ1) is 10.9. The Labute approximate surface area is 140 Å². The van der Waals surface area contributed by atoms with Crippen molar-refractivity contribution in [3.8, 4) is 6.07 Å². The molecule has 0 spiro atoms. The Hall–Kier alpha value is -2.50. The summed E-state index contributed by atoms with van der Waals surface area (Å²) in [4.78, 5) is 9.15. The Morgan fingerprint density at radius 1 is 1.17 bits per heavy atom. The third-order valence-corrected chi connectivity index (χ3v) is 5.16. The molecule has 0 heterocycles. The van der Waals surface area contributed by atoms with Gasteiger partial charge >= 0.3 is 0 Å². The van der Waals surface area contributed by atoms with Crippen LogP contribution in [0.2, 0.25) is 0 Å². The summed E-state index contributed by atoms with van der Waals surface area (Å²) in [6.45, 7) is 0. The second-order valence-corrected chi connectivity index (χ2v) is 7.20. The topological polar surface area (TPSA) is 101 Å². The van der Waals surface area contributed by atoms with Gasteiger partial charge in [-0.25, -0.2) is 8.42 Å². The minimum atomic E-state index is -4.29. The van der Waals surface area contributed by atoms with E-state index in [0.717, 1.165) is 16.6 Å². The van der Waals surface area contributed by atoms with Crippen LogP contribution in [-0.4, -0.2) is 13.3 Å². The Morgan fingerprint density at radius 2 is 1.78 bits per heavy atom. The van der Waals surface area contributed by atoms with Crippen LogP contribution in [0.15, 0.2) is 62.8 Å². The molecule has 0 atom stereocenters. The predicted molar refractivity (Wildman–Crippen MR) is 88.0 cm³/mol. The monoisotopic (exact) mass is 392 g/mol. The molecule has 0 amide bonds. The number of halogens is 1. The van der Waals surface area contributed by atoms with Gasteiger partial charge in [0.15, 0.2) is 0 Å². The van der Waals surface area contributed by atoms with Crippen molar-refractivity contribution in [2.45, 2.75) is 4.90 Å². The summed E-state index contributed by atoms with van der Waals surface area (Å²) in [5.74, 6) is 0. The summed E-state index contributed by atoms with van der Waals surface area (Å²) in [6, 6.07) is 13.2. The van der Waals surface area contributed by atoms with Gasteiger partial charge in [-0.3, -0.25) is 10.1 Å². The highest BCUT2D eigenvalue weighted by Crippen LogP contribution is 2.29. The first kappa shape index (κ1) is 16.9. The molecule has 0 fully saturated rings. The highest BCUT2D eigenvalue weighted by Gasteiger charge is 2.29. The minimum Gasteiger partial charge on any atom is -0.258 e. The van der Waals surface area contributed by atoms with E-state index in [1.807, 2.05) is 0 Å². The zero-order valence-electron chi connectivity index (χ0n) is 11.5. The fraction of sp³-hybridized carbons (Fsp3) is 0. The standard InChI is InChI=1S/C15H9BrN2O4S/c16-12-7-5-11(6-8-12)9-13(10-17)23(21,22)15-4-2-1-3-14(15)18(19)20/h1-9H. The summed E-state index contributed by atoms with van der Waals surface area (Å²) in [5.41, 5.74) is -0.0728. The number of hydrogen-bond acceptors (Lipinski definition) is 5. The van der Waals surface area contributed by atoms with E-state index < -0.39 is 30.2 Å². The molecule has 0 radical (unpaired) electrons. The first-order valence-corrected chi connectivity index (χ1v) is 8.50. The van der Waals surface area contributed by atoms with Gasteiger partial charge in [-0.1, -0.05) is 40.2 Å². The second-order valence-electron chi connectivity index (χ2n) is 4.40. The molecular formula is C15H9BrN2O4S. The molecule has 2 aromatic carbocycles. The van der Waals surface area contributed by atoms with Gasteiger partial charge in [-0.05, 0) is 29.8 Å². The molecule has 23 heavy (non-hydrogen) atoms. The van der Waals surface area contributed by atoms with Gasteiger partial charge in [0.2, 0.25) is 9.84 Å². The molecule has 0 aromatic heterocycles. The molecule has 0 unspecified atom stereocenters. The highest BCUT2D eigenvalue weighted by atomic mass is 79.9. The van der Waals surface area contributed by atoms with Crippen LogP contribution in [-0.2, 0) is 9.84 Å². The van der Waals surface area contributed by atoms with Gasteiger partial charge in [0.1, 0.15) is 15.9 Å². The maximum absolute atomic E-state index is 12.6. The molecule has 0 aliphatic carbocycles. The van der Waals surface area contributed by atoms with E-state index in [-0.39, 0.29) is 0 Å². The van der Waals surface area contributed by atoms with Crippen molar-refractivity contribution < 1.29 is 13.3 Å². The van der Waals surface area contributed by atoms with E-state index in [0.29, 0.717) is 5.56 Å². The summed E-state index contributed by atoms with van der Waals surface area (Å²) in [5, 5.41) is 20.2. The Balaban J connectivity index is 2.59. The molecule has 0 bridgehead atoms. The summed E-state index contributed by atoms with van der Waals surface area (Å²) in [6.07, 6.45) is 1.18. The molecule has 0 saturated carbocycles. The van der Waals surface area contributed by atoms with Crippen molar-refractivity contribution in [3.63, 3.8) is 0 Å². The Morgan fingerprint density at radius 3 is 2.35 bits per heavy atom. The number of nitro groups is 1. The van der Waals surface area contributed by atoms with Crippen molar-refractivity contribution >= 4 is 37.5 Å². The summed E-state index contributed by atoms with van der Waals surface area (Å²) >= 11 is 3.25. The van der Waals surface area contributed by atoms with E-state index in [2.05, 4.69) is 15.9 Å². The lowest BCUT2D eigenvalue weighted by Crippen LogP contribution is -2.06. The number of nitriles is 1. The average Bonchev–Trinajstić information content (AvgIpc) is 2.54. The van der Waals surface area contributed by atoms with Crippen LogP contribution >= 0.6 is 15.9 Å². The number of hydrogen-bond donors (Lipinski definition) is 0. The smallest absolute Gasteiger partial charge is 0.258 e. The van der Waals surface area contributed by atoms with Gasteiger partial charge in [0.25, 0.3) is 5.69 Å². The molecule has 0 saturated heterocycles. The van der Waals surface area contributed by atoms with Crippen LogP contribution in [0.4, 0.5) is 5.69 Å². The van der Waals surface area contributed by atoms with Crippen molar-refractivity contribution in [1.29, 1.82) is 5.26 Å². The normalized spacial score (nSPS) is 11.7. The van der Waals surface area contributed by atoms with Crippen LogP contribution in [0.3, 0.4) is 0 Å². The molecule has 6 nitrogen and oxygen atoms in total. The maximum atomic E-state index is 12.6. The van der Waals surface area contributed by atoms with Crippen LogP contribution in [0, 0.1) is 21.4 Å². The van der Waals surface area contributed by atoms with Gasteiger partial charge in [-0.15, -0.1) is 0 Å². The van der Waals surface area contributed by atoms with E-state index in [1.54, 1.807) is 30.3 Å². The molecule has 0 aliphatic heterocycles. The summed E-state index contributed by atoms with van der Waals surface area (Å²) in [7, 11) is -4.29. The quantitative estimate of drug-likeness (QED) is 0.448. The second kappa shape index (κ2) is 6.73. The molecule has 0 aliphatic rings. The Bertz CT molecular complexity index is 929. The molecule has 2 aromatic rings. The van der Waals surface area contributed by atoms with Gasteiger partial charge in [0.05, 0.1) is 4.92 Å². The number of nitro benzene ring substituents is 1. The van der Waals surface area contributed by atoms with Crippen molar-refractivity contribution in [2.75, 3.05) is 0 Å². The minimum absolute atomic E-state index is 0.493. The highest BCUT2D eigenvalue weighted by molar-refractivity contribution is 9.10. The van der Waals surface area contributed by atoms with Gasteiger partial charge in [-0.2, -0.15) is 5.26 Å². The lowest BCUT2D eigenvalue weighted by atomic mass is 10.2. The average molecular weight is 393 g/mol. The fourth-order valence-electron chi connectivity index (χ4n) is 1.83. The van der Waals surface area contributed by atoms with Crippen LogP contribution < -0.4 is 0 Å². The molecule has 2 rings (SSSR count). The number of benzene rings is 2. The third-order valence-electron chi connectivity index (χ3n) is 2.92. The number of para-hydroxylation sites is 1. The van der Waals surface area contributed by atoms with E-state index in [9.17, 15) is 23.8 Å². The molecular weight excluding hydrogens is 384 g/mol. The lowest BCUT2D eigenvalue weighted by molar-refractivity contribution is -0.387. The Kier molecular flexibility index (Phi) is 4.93. The van der Waals surface area contributed by atoms with E-state index >= 15 is 0 Å². The zero-order valence-corrected chi connectivity index (χ0v) is 13.9. The summed E-state index contributed by atoms with van der Waals surface area (Å²) < 4.78 is 25.9. The number of allylic oxidation sites excluding steroid dienone is 1. The van der Waals surface area contributed by atoms with Crippen LogP contribution in [0.1, 0.15) is 5.56 Å². The van der Waals surface area contributed by atoms with Crippen LogP contribution in [0.25, 0.3) is 6.08 Å². The first-order valence-electron chi connectivity index (χ1n) is 6.22. The molecule has 0 N–H and O–H groups in total. The van der Waals surface area contributed by atoms with Crippen molar-refractivity contribution in [3.05, 3.63) is 73.6 Å². The number of nitrogens with zero attached hydrogens (tertiary/aromatic N) is 2. The van der Waals surface area contributed by atoms with Crippen LogP contribution in [0.5, 0.6) is 0 Å². The molecule has 116 valence electrons. The largest absolute Gasteiger partial charge is 0.288 e. The third kappa shape index (κ3) is 3.64. The van der Waals surface area contributed by atoms with Crippen molar-refractivity contribution in [1.82, 2.24) is 0 Å². The zero-order chi connectivity index (χ0) is 17.0. The SMILES string of the molecule is N#CC(=Cc1ccc(Br)cc1)S(=O)(=O)c1ccccc1[N+](=O)[O-]. The van der Waals surface area contributed by atoms with E-state index in [1.165, 1.54) is 18.2 Å². The van der Waals surface area contributed by atoms with Crippen molar-refractivity contribution in [2.24, 2.45) is 0 Å². The van der Waals surface area contributed by atoms with Gasteiger partial charge < -0.3 is 0 Å². The fourth-order valence-corrected chi connectivity index (χ4v) is 3.42.